The van der Waals surface area contributed by atoms with Gasteiger partial charge in [0.15, 0.2) is 44.0 Å². The minimum absolute atomic E-state index is 0. The van der Waals surface area contributed by atoms with E-state index in [0.717, 1.165) is 20.1 Å². The number of nitrogens with one attached hydrogen (secondary N) is 1. The zero-order valence-electron chi connectivity index (χ0n) is 62.1. The number of hydrogen-bond acceptors (Lipinski definition) is 55. The molecule has 1 radical (unpaired) electrons. The Balaban J connectivity index is 0.00000141. The van der Waals surface area contributed by atoms with Crippen LogP contribution in [0.2, 0.25) is 0 Å². The number of halogens is 1. The summed E-state index contributed by atoms with van der Waals surface area (Å²) >= 11 is 0. The summed E-state index contributed by atoms with van der Waals surface area (Å²) in [7, 11) is 0. The number of nitrogens with zero attached hydrogens (tertiary/aromatic N) is 3. The van der Waals surface area contributed by atoms with E-state index in [2.05, 4.69) is 5.73 Å². The fourth-order valence-corrected chi connectivity index (χ4v) is 11.1. The van der Waals surface area contributed by atoms with Gasteiger partial charge in [0.05, 0.1) is 128 Å². The molecule has 9 fully saturated rings. The minimum atomic E-state index is -2.35. The van der Waals surface area contributed by atoms with E-state index < -0.39 is 288 Å². The van der Waals surface area contributed by atoms with Crippen molar-refractivity contribution in [2.45, 2.75) is 234 Å². The SMILES string of the molecule is C(COCCOCC1CO1)OCCOCC1CO1.CC(=O)[O-].NC(=O)NO.O=[N+]([O-])[O-].O=[N+]([O-])[O-].O=[N+]([O-])[O-].OC[C@H]1O[C@@H](OC[C@H]2O[C@@H](O)[C@H](O)[C@@H](O[C@@H]3O[C@H](CO)[C@@H](O)[C@H](O[C@@H]4O[C@H](CO)[C@@H](O)[C@H](O[C@@H]5O[C@H](CO[C@@H]6O[C@H](CO)[C@@H](O)[C@H](O)[C@H]6O)[C@@H](O)[C@H](O[C@@H]6O[C@H](CO)[C@@H](O)[C@H](O)[C@H]6O)[C@H]5O)[C@H]4O)[C@H]3O)[C@@H]2O)[C@H](O)[C@@H](O)[C@@H]1O.[Cl].[Ga+3]. The third-order valence-electron chi connectivity index (χ3n) is 17.1. The average molecular weight is 1840 g/mol. The van der Waals surface area contributed by atoms with E-state index in [1.165, 1.54) is 5.48 Å². The minimum Gasteiger partial charge on any atom is -0.550 e. The number of ether oxygens (including phenoxy) is 19. The molecule has 0 saturated carbocycles. The average Bonchev–Trinajstić information content (AvgIpc) is 1.05. The molecule has 27 N–H and O–H groups in total. The Morgan fingerprint density at radius 2 is 0.571 bits per heavy atom. The van der Waals surface area contributed by atoms with Gasteiger partial charge in [0.25, 0.3) is 0 Å². The van der Waals surface area contributed by atoms with Crippen molar-refractivity contribution >= 4 is 44.2 Å². The van der Waals surface area contributed by atoms with Crippen LogP contribution in [0.15, 0.2) is 0 Å². The van der Waals surface area contributed by atoms with Crippen LogP contribution in [-0.4, -0.2) is 509 Å². The Hall–Kier alpha value is -4.45. The summed E-state index contributed by atoms with van der Waals surface area (Å²) in [6.07, 6.45) is -68.8. The number of carbonyl (C=O) groups excluding carboxylic acids is 2. The summed E-state index contributed by atoms with van der Waals surface area (Å²) in [5, 5.41) is 305. The van der Waals surface area contributed by atoms with Crippen molar-refractivity contribution in [3.8, 4) is 0 Å². The van der Waals surface area contributed by atoms with Crippen molar-refractivity contribution in [1.82, 2.24) is 5.48 Å². The number of amides is 2. The maximum absolute atomic E-state index is 11.8. The number of nitrogens with two attached hydrogens (primary N) is 1. The molecule has 119 heavy (non-hydrogen) atoms. The van der Waals surface area contributed by atoms with Gasteiger partial charge in [-0.3, -0.25) is 5.21 Å². The molecule has 0 aromatic heterocycles. The molecule has 60 nitrogen and oxygen atoms in total. The van der Waals surface area contributed by atoms with Crippen molar-refractivity contribution in [2.24, 2.45) is 5.73 Å². The molecule has 695 valence electrons. The van der Waals surface area contributed by atoms with Crippen LogP contribution in [0.5, 0.6) is 0 Å². The number of aliphatic hydroxyl groups excluding tert-OH is 23. The number of aliphatic carboxylic acids is 1. The number of epoxide rings is 2. The standard InChI is InChI=1S/C42H72O36.C12H22O6.C2H4O2.CH4N2O2.Cl.Ga.3NO3/c43-1-8-15(48)22(55)25(58)37(69-8)66-6-13-20(53)32(28(61)36(65)68-13)75-40-29(62)33(18(51)11(4-46)72-40)77-41-30(63)34(19(52)12(5-47)73-41)78-42-31(64)35(76-39-27(60)24(57)17(50)10(3-45)71-39)21(54)14(74-42)7-67-38-26(59)23(56)16(49)9(2-44)70-38;1(13-3-5-15-7-11-9-17-11)2-14-4-6-16-8-12-10-18-12;1-2(3)4;2-1(4)3-5;;;3*2-1(3)4/h8-65H,1-7H2;11-12H,1-10H2;1H3,(H,3,4);5H,(H3,2,3,4);;;;;/q;;;;;+3;3*-1/p-1/t8-,9-,10-,11-,12-,13-,14-,15-,16-,17-,18-,19-,20-,21-,22+,23+,24+,25-,26-,27-,28-,29-,30-,31-,32+,33+,34+,35+,36-,37-,38-,39+,40+,41+,42+;;;;;;;;/m1......../s1. The van der Waals surface area contributed by atoms with Gasteiger partial charge < -0.3 is 269 Å². The topological polar surface area (TPSA) is 961 Å². The molecule has 0 aliphatic carbocycles. The Morgan fingerprint density at radius 3 is 0.832 bits per heavy atom. The van der Waals surface area contributed by atoms with Crippen LogP contribution >= 0.6 is 12.4 Å². The van der Waals surface area contributed by atoms with Crippen molar-refractivity contribution in [3.63, 3.8) is 0 Å². The maximum Gasteiger partial charge on any atom is 3.00 e. The van der Waals surface area contributed by atoms with Gasteiger partial charge in [-0.2, -0.15) is 0 Å². The number of carbonyl (C=O) groups is 2. The molecule has 9 aliphatic rings. The molecule has 9 rings (SSSR count). The molecular formula is C57H101ClGaN5O55-. The quantitative estimate of drug-likeness (QED) is 0.00743. The van der Waals surface area contributed by atoms with Gasteiger partial charge in [0.2, 0.25) is 0 Å². The van der Waals surface area contributed by atoms with Crippen LogP contribution in [0.3, 0.4) is 0 Å². The first-order valence-electron chi connectivity index (χ1n) is 34.7. The number of rotatable bonds is 32. The molecule has 0 bridgehead atoms. The molecule has 2 unspecified atom stereocenters. The number of carboxylic acid groups (broad SMARTS) is 1. The fourth-order valence-electron chi connectivity index (χ4n) is 11.1. The van der Waals surface area contributed by atoms with Gasteiger partial charge in [-0.15, -0.1) is 0 Å². The van der Waals surface area contributed by atoms with Gasteiger partial charge in [-0.25, -0.2) is 10.3 Å². The third kappa shape index (κ3) is 37.3. The fraction of sp³-hybridized carbons (Fsp3) is 0.965. The smallest absolute Gasteiger partial charge is 0.550 e. The molecule has 0 spiro atoms. The van der Waals surface area contributed by atoms with Gasteiger partial charge >= 0.3 is 25.8 Å². The van der Waals surface area contributed by atoms with Crippen LogP contribution in [0.25, 0.3) is 0 Å². The van der Waals surface area contributed by atoms with Crippen molar-refractivity contribution < 1.29 is 243 Å². The van der Waals surface area contributed by atoms with Crippen LogP contribution in [-0.2, 0) is 94.8 Å². The van der Waals surface area contributed by atoms with Crippen LogP contribution in [0.1, 0.15) is 6.92 Å². The zero-order chi connectivity index (χ0) is 88.4. The molecule has 0 aromatic carbocycles. The van der Waals surface area contributed by atoms with Crippen LogP contribution in [0.4, 0.5) is 4.79 Å². The normalized spacial score (nSPS) is 40.0. The van der Waals surface area contributed by atoms with Gasteiger partial charge in [-0.05, 0) is 6.92 Å². The molecule has 9 saturated heterocycles. The summed E-state index contributed by atoms with van der Waals surface area (Å²) in [6.45, 7) is 1.07. The second kappa shape index (κ2) is 57.2. The predicted molar refractivity (Wildman–Crippen MR) is 362 cm³/mol. The number of primary amides is 1. The van der Waals surface area contributed by atoms with E-state index in [4.69, 9.17) is 151 Å². The maximum atomic E-state index is 11.8. The van der Waals surface area contributed by atoms with Crippen molar-refractivity contribution in [1.29, 1.82) is 0 Å². The van der Waals surface area contributed by atoms with Crippen molar-refractivity contribution in [3.05, 3.63) is 46.0 Å². The zero-order valence-corrected chi connectivity index (χ0v) is 65.3. The van der Waals surface area contributed by atoms with Gasteiger partial charge in [0, 0.05) is 18.4 Å². The number of carboxylic acids is 1. The third-order valence-corrected chi connectivity index (χ3v) is 17.1. The first-order chi connectivity index (χ1) is 55.1. The summed E-state index contributed by atoms with van der Waals surface area (Å²) in [5.41, 5.74) is 5.46. The predicted octanol–water partition coefficient (Wildman–Crippen LogP) is -19.0. The Bertz CT molecular complexity index is 2700. The van der Waals surface area contributed by atoms with E-state index in [1.54, 1.807) is 0 Å². The first kappa shape index (κ1) is 113. The number of hydroxylamine groups is 1. The Kier molecular flexibility index (Phi) is 54.1. The molecular weight excluding hydrogens is 1740 g/mol. The molecule has 62 heteroatoms. The monoisotopic (exact) mass is 1840 g/mol. The molecule has 37 atom stereocenters. The Labute approximate surface area is 688 Å². The summed E-state index contributed by atoms with van der Waals surface area (Å²) in [5.74, 6) is -1.08. The largest absolute Gasteiger partial charge is 3.00 e. The van der Waals surface area contributed by atoms with Gasteiger partial charge in [0.1, 0.15) is 183 Å². The summed E-state index contributed by atoms with van der Waals surface area (Å²) in [4.78, 5) is 42.9. The van der Waals surface area contributed by atoms with Gasteiger partial charge in [-0.1, -0.05) is 0 Å². The van der Waals surface area contributed by atoms with Crippen molar-refractivity contribution in [2.75, 3.05) is 112 Å². The Morgan fingerprint density at radius 1 is 0.361 bits per heavy atom. The summed E-state index contributed by atoms with van der Waals surface area (Å²) < 4.78 is 103. The molecule has 2 amide bonds. The van der Waals surface area contributed by atoms with E-state index >= 15 is 0 Å². The molecule has 0 aromatic rings. The second-order valence-electron chi connectivity index (χ2n) is 25.6. The summed E-state index contributed by atoms with van der Waals surface area (Å²) in [6, 6.07) is -0.940. The van der Waals surface area contributed by atoms with E-state index in [1.807, 2.05) is 0 Å². The van der Waals surface area contributed by atoms with E-state index in [-0.39, 0.29) is 32.2 Å². The number of aliphatic hydroxyl groups is 23. The first-order valence-corrected chi connectivity index (χ1v) is 34.7. The van der Waals surface area contributed by atoms with Crippen LogP contribution < -0.4 is 16.3 Å². The molecule has 9 heterocycles. The number of hydrogen-bond donors (Lipinski definition) is 26. The van der Waals surface area contributed by atoms with E-state index in [9.17, 15) is 122 Å². The second-order valence-corrected chi connectivity index (χ2v) is 25.6. The van der Waals surface area contributed by atoms with Crippen LogP contribution in [0, 0.1) is 46.0 Å². The van der Waals surface area contributed by atoms with E-state index in [0.29, 0.717) is 65.1 Å². The number of urea groups is 1. The molecule has 9 aliphatic heterocycles.